The first-order chi connectivity index (χ1) is 9.62. The number of hydrogen-bond acceptors (Lipinski definition) is 6. The fraction of sp³-hybridized carbons (Fsp3) is 0.538. The Morgan fingerprint density at radius 3 is 2.80 bits per heavy atom. The SMILES string of the molecule is N#Cc1ccnc(NCC2(CO)CCCC2)c1[N+](=O)[O-]. The largest absolute Gasteiger partial charge is 0.396 e. The number of aliphatic hydroxyl groups is 1. The number of nitrogens with one attached hydrogen (secondary N) is 1. The molecule has 1 fully saturated rings. The highest BCUT2D eigenvalue weighted by Gasteiger charge is 2.34. The van der Waals surface area contributed by atoms with Crippen LogP contribution in [0.5, 0.6) is 0 Å². The van der Waals surface area contributed by atoms with Gasteiger partial charge in [-0.3, -0.25) is 10.1 Å². The van der Waals surface area contributed by atoms with Gasteiger partial charge in [0.1, 0.15) is 11.6 Å². The van der Waals surface area contributed by atoms with E-state index in [0.29, 0.717) is 6.54 Å². The van der Waals surface area contributed by atoms with Gasteiger partial charge in [0.15, 0.2) is 0 Å². The third kappa shape index (κ3) is 2.70. The predicted molar refractivity (Wildman–Crippen MR) is 72.1 cm³/mol. The van der Waals surface area contributed by atoms with Gasteiger partial charge in [0.25, 0.3) is 0 Å². The van der Waals surface area contributed by atoms with Crippen LogP contribution in [0.15, 0.2) is 12.3 Å². The molecule has 1 aromatic heterocycles. The highest BCUT2D eigenvalue weighted by Crippen LogP contribution is 2.38. The average molecular weight is 276 g/mol. The minimum absolute atomic E-state index is 0.0167. The molecule has 0 bridgehead atoms. The average Bonchev–Trinajstić information content (AvgIpc) is 2.93. The first-order valence-corrected chi connectivity index (χ1v) is 6.50. The molecule has 0 aliphatic heterocycles. The summed E-state index contributed by atoms with van der Waals surface area (Å²) in [4.78, 5) is 14.4. The molecule has 0 radical (unpaired) electrons. The van der Waals surface area contributed by atoms with Crippen molar-refractivity contribution in [1.29, 1.82) is 5.26 Å². The highest BCUT2D eigenvalue weighted by atomic mass is 16.6. The fourth-order valence-electron chi connectivity index (χ4n) is 2.65. The van der Waals surface area contributed by atoms with Crippen molar-refractivity contribution in [3.63, 3.8) is 0 Å². The number of nitro groups is 1. The number of nitriles is 1. The van der Waals surface area contributed by atoms with Gasteiger partial charge in [0.2, 0.25) is 5.82 Å². The van der Waals surface area contributed by atoms with Gasteiger partial charge in [-0.15, -0.1) is 0 Å². The van der Waals surface area contributed by atoms with Gasteiger partial charge in [-0.05, 0) is 18.9 Å². The zero-order valence-corrected chi connectivity index (χ0v) is 11.0. The van der Waals surface area contributed by atoms with E-state index in [0.717, 1.165) is 25.7 Å². The molecule has 0 amide bonds. The van der Waals surface area contributed by atoms with Crippen LogP contribution in [0, 0.1) is 26.9 Å². The van der Waals surface area contributed by atoms with Crippen LogP contribution in [0.2, 0.25) is 0 Å². The summed E-state index contributed by atoms with van der Waals surface area (Å²) in [5.74, 6) is 0.0915. The second kappa shape index (κ2) is 5.84. The molecule has 106 valence electrons. The maximum absolute atomic E-state index is 11.1. The monoisotopic (exact) mass is 276 g/mol. The number of anilines is 1. The number of hydrogen-bond donors (Lipinski definition) is 2. The second-order valence-corrected chi connectivity index (χ2v) is 5.14. The third-order valence-corrected chi connectivity index (χ3v) is 3.86. The van der Waals surface area contributed by atoms with Gasteiger partial charge in [-0.2, -0.15) is 5.26 Å². The van der Waals surface area contributed by atoms with Gasteiger partial charge >= 0.3 is 5.69 Å². The highest BCUT2D eigenvalue weighted by molar-refractivity contribution is 5.64. The Labute approximate surface area is 116 Å². The second-order valence-electron chi connectivity index (χ2n) is 5.14. The van der Waals surface area contributed by atoms with Crippen LogP contribution >= 0.6 is 0 Å². The molecule has 7 heteroatoms. The van der Waals surface area contributed by atoms with E-state index < -0.39 is 4.92 Å². The Morgan fingerprint density at radius 1 is 1.55 bits per heavy atom. The first kappa shape index (κ1) is 14.2. The molecule has 0 aromatic carbocycles. The molecule has 0 saturated heterocycles. The first-order valence-electron chi connectivity index (χ1n) is 6.50. The number of aliphatic hydroxyl groups excluding tert-OH is 1. The Hall–Kier alpha value is -2.20. The molecular weight excluding hydrogens is 260 g/mol. The Bertz CT molecular complexity index is 547. The molecule has 1 heterocycles. The summed E-state index contributed by atoms with van der Waals surface area (Å²) < 4.78 is 0. The summed E-state index contributed by atoms with van der Waals surface area (Å²) in [7, 11) is 0. The lowest BCUT2D eigenvalue weighted by Crippen LogP contribution is -2.31. The van der Waals surface area contributed by atoms with E-state index in [9.17, 15) is 15.2 Å². The van der Waals surface area contributed by atoms with Crippen LogP contribution in [-0.2, 0) is 0 Å². The van der Waals surface area contributed by atoms with E-state index in [-0.39, 0.29) is 29.1 Å². The van der Waals surface area contributed by atoms with Crippen molar-refractivity contribution < 1.29 is 10.0 Å². The van der Waals surface area contributed by atoms with E-state index in [1.165, 1.54) is 12.3 Å². The van der Waals surface area contributed by atoms with E-state index in [2.05, 4.69) is 10.3 Å². The van der Waals surface area contributed by atoms with Gasteiger partial charge in [0.05, 0.1) is 11.5 Å². The van der Waals surface area contributed by atoms with Crippen molar-refractivity contribution in [2.75, 3.05) is 18.5 Å². The Morgan fingerprint density at radius 2 is 2.25 bits per heavy atom. The molecule has 20 heavy (non-hydrogen) atoms. The summed E-state index contributed by atoms with van der Waals surface area (Å²) in [6, 6.07) is 3.12. The van der Waals surface area contributed by atoms with Gasteiger partial charge < -0.3 is 10.4 Å². The Balaban J connectivity index is 2.21. The van der Waals surface area contributed by atoms with Gasteiger partial charge in [0, 0.05) is 18.2 Å². The molecule has 0 unspecified atom stereocenters. The van der Waals surface area contributed by atoms with Crippen molar-refractivity contribution in [2.24, 2.45) is 5.41 Å². The number of nitrogens with zero attached hydrogens (tertiary/aromatic N) is 3. The zero-order valence-electron chi connectivity index (χ0n) is 11.0. The molecular formula is C13H16N4O3. The lowest BCUT2D eigenvalue weighted by molar-refractivity contribution is -0.384. The van der Waals surface area contributed by atoms with Crippen molar-refractivity contribution in [3.8, 4) is 6.07 Å². The summed E-state index contributed by atoms with van der Waals surface area (Å²) in [6.45, 7) is 0.470. The van der Waals surface area contributed by atoms with Crippen molar-refractivity contribution in [2.45, 2.75) is 25.7 Å². The Kier molecular flexibility index (Phi) is 4.15. The van der Waals surface area contributed by atoms with E-state index in [1.54, 1.807) is 6.07 Å². The molecule has 2 N–H and O–H groups in total. The van der Waals surface area contributed by atoms with Crippen LogP contribution in [-0.4, -0.2) is 28.2 Å². The maximum atomic E-state index is 11.1. The van der Waals surface area contributed by atoms with Crippen LogP contribution in [0.1, 0.15) is 31.2 Å². The normalized spacial score (nSPS) is 16.6. The number of aromatic nitrogens is 1. The van der Waals surface area contributed by atoms with Gasteiger partial charge in [-0.1, -0.05) is 12.8 Å². The summed E-state index contributed by atoms with van der Waals surface area (Å²) >= 11 is 0. The van der Waals surface area contributed by atoms with E-state index in [4.69, 9.17) is 5.26 Å². The minimum Gasteiger partial charge on any atom is -0.396 e. The van der Waals surface area contributed by atoms with Crippen molar-refractivity contribution in [1.82, 2.24) is 4.98 Å². The molecule has 0 atom stereocenters. The van der Waals surface area contributed by atoms with Crippen molar-refractivity contribution >= 4 is 11.5 Å². The number of pyridine rings is 1. The molecule has 1 aliphatic carbocycles. The lowest BCUT2D eigenvalue weighted by Gasteiger charge is -2.26. The predicted octanol–water partition coefficient (Wildman–Crippen LogP) is 1.83. The molecule has 1 aromatic rings. The topological polar surface area (TPSA) is 112 Å². The third-order valence-electron chi connectivity index (χ3n) is 3.86. The molecule has 7 nitrogen and oxygen atoms in total. The van der Waals surface area contributed by atoms with Gasteiger partial charge in [-0.25, -0.2) is 4.98 Å². The lowest BCUT2D eigenvalue weighted by atomic mass is 9.87. The van der Waals surface area contributed by atoms with E-state index in [1.807, 2.05) is 0 Å². The molecule has 2 rings (SSSR count). The van der Waals surface area contributed by atoms with Crippen molar-refractivity contribution in [3.05, 3.63) is 27.9 Å². The smallest absolute Gasteiger partial charge is 0.328 e. The maximum Gasteiger partial charge on any atom is 0.328 e. The molecule has 1 saturated carbocycles. The zero-order chi connectivity index (χ0) is 14.6. The molecule has 1 aliphatic rings. The molecule has 0 spiro atoms. The quantitative estimate of drug-likeness (QED) is 0.626. The van der Waals surface area contributed by atoms with Crippen LogP contribution < -0.4 is 5.32 Å². The minimum atomic E-state index is -0.603. The van der Waals surface area contributed by atoms with Crippen LogP contribution in [0.3, 0.4) is 0 Å². The summed E-state index contributed by atoms with van der Waals surface area (Å²) in [5.41, 5.74) is -0.559. The summed E-state index contributed by atoms with van der Waals surface area (Å²) in [6.07, 6.45) is 5.25. The van der Waals surface area contributed by atoms with Crippen LogP contribution in [0.4, 0.5) is 11.5 Å². The van der Waals surface area contributed by atoms with E-state index >= 15 is 0 Å². The number of rotatable bonds is 5. The standard InChI is InChI=1S/C13H16N4O3/c14-7-10-3-6-15-12(11(10)17(19)20)16-8-13(9-18)4-1-2-5-13/h3,6,18H,1-2,4-5,8-9H2,(H,15,16). The summed E-state index contributed by atoms with van der Waals surface area (Å²) in [5, 5.41) is 32.5. The fourth-order valence-corrected chi connectivity index (χ4v) is 2.65. The van der Waals surface area contributed by atoms with Crippen LogP contribution in [0.25, 0.3) is 0 Å².